The maximum Gasteiger partial charge on any atom is 0.274 e. The lowest BCUT2D eigenvalue weighted by atomic mass is 10.1. The number of nitrogens with one attached hydrogen (secondary N) is 1. The number of carbonyl (C=O) groups excluding carboxylic acids is 1. The van der Waals surface area contributed by atoms with Crippen LogP contribution in [0.5, 0.6) is 0 Å². The van der Waals surface area contributed by atoms with E-state index in [0.29, 0.717) is 16.4 Å². The number of nitro benzene ring substituents is 1. The number of thioether (sulfide) groups is 1. The van der Waals surface area contributed by atoms with Crippen LogP contribution in [-0.2, 0) is 11.8 Å². The Morgan fingerprint density at radius 1 is 1.21 bits per heavy atom. The molecular formula is C19H19N5O3S. The summed E-state index contributed by atoms with van der Waals surface area (Å²) in [5.74, 6) is 0.567. The first kappa shape index (κ1) is 19.6. The highest BCUT2D eigenvalue weighted by Gasteiger charge is 2.16. The van der Waals surface area contributed by atoms with E-state index in [9.17, 15) is 14.9 Å². The Hall–Kier alpha value is -3.20. The van der Waals surface area contributed by atoms with Gasteiger partial charge in [-0.3, -0.25) is 14.9 Å². The summed E-state index contributed by atoms with van der Waals surface area (Å²) in [7, 11) is 1.85. The van der Waals surface area contributed by atoms with Gasteiger partial charge in [0, 0.05) is 18.7 Å². The van der Waals surface area contributed by atoms with Crippen LogP contribution < -0.4 is 5.32 Å². The molecule has 1 aromatic heterocycles. The lowest BCUT2D eigenvalue weighted by Gasteiger charge is -2.08. The summed E-state index contributed by atoms with van der Waals surface area (Å²) >= 11 is 1.25. The molecule has 2 aromatic carbocycles. The van der Waals surface area contributed by atoms with Crippen molar-refractivity contribution in [3.63, 3.8) is 0 Å². The number of amides is 1. The van der Waals surface area contributed by atoms with Gasteiger partial charge in [-0.05, 0) is 26.0 Å². The van der Waals surface area contributed by atoms with Crippen molar-refractivity contribution < 1.29 is 9.72 Å². The summed E-state index contributed by atoms with van der Waals surface area (Å²) < 4.78 is 1.84. The van der Waals surface area contributed by atoms with Gasteiger partial charge in [-0.2, -0.15) is 0 Å². The lowest BCUT2D eigenvalue weighted by molar-refractivity contribution is -0.385. The molecule has 0 aliphatic heterocycles. The predicted molar refractivity (Wildman–Crippen MR) is 108 cm³/mol. The smallest absolute Gasteiger partial charge is 0.274 e. The topological polar surface area (TPSA) is 103 Å². The number of nitro groups is 1. The van der Waals surface area contributed by atoms with Crippen molar-refractivity contribution in [1.29, 1.82) is 0 Å². The van der Waals surface area contributed by atoms with Crippen LogP contribution in [0.25, 0.3) is 11.4 Å². The van der Waals surface area contributed by atoms with Crippen LogP contribution in [0.1, 0.15) is 11.1 Å². The molecule has 8 nitrogen and oxygen atoms in total. The number of aromatic nitrogens is 3. The molecule has 0 saturated heterocycles. The van der Waals surface area contributed by atoms with Crippen molar-refractivity contribution in [2.45, 2.75) is 19.0 Å². The van der Waals surface area contributed by atoms with Gasteiger partial charge in [-0.15, -0.1) is 10.2 Å². The molecule has 0 atom stereocenters. The fourth-order valence-corrected chi connectivity index (χ4v) is 3.46. The van der Waals surface area contributed by atoms with E-state index in [2.05, 4.69) is 15.5 Å². The number of rotatable bonds is 6. The van der Waals surface area contributed by atoms with E-state index in [4.69, 9.17) is 0 Å². The van der Waals surface area contributed by atoms with Gasteiger partial charge in [-0.25, -0.2) is 0 Å². The van der Waals surface area contributed by atoms with E-state index in [1.165, 1.54) is 17.8 Å². The van der Waals surface area contributed by atoms with Crippen molar-refractivity contribution in [1.82, 2.24) is 14.8 Å². The van der Waals surface area contributed by atoms with Gasteiger partial charge in [-0.1, -0.05) is 41.6 Å². The molecule has 3 rings (SSSR count). The highest BCUT2D eigenvalue weighted by Crippen LogP contribution is 2.26. The van der Waals surface area contributed by atoms with Gasteiger partial charge in [0.1, 0.15) is 0 Å². The van der Waals surface area contributed by atoms with Gasteiger partial charge < -0.3 is 9.88 Å². The number of carbonyl (C=O) groups is 1. The van der Waals surface area contributed by atoms with Crippen LogP contribution in [0.3, 0.4) is 0 Å². The summed E-state index contributed by atoms with van der Waals surface area (Å²) in [5.41, 5.74) is 2.91. The summed E-state index contributed by atoms with van der Waals surface area (Å²) in [6, 6.07) is 12.6. The van der Waals surface area contributed by atoms with Crippen LogP contribution in [0.15, 0.2) is 47.6 Å². The number of benzene rings is 2. The Morgan fingerprint density at radius 2 is 1.96 bits per heavy atom. The zero-order chi connectivity index (χ0) is 20.3. The standard InChI is InChI=1S/C19H19N5O3S/c1-12-6-4-7-14(10-12)18-21-22-19(23(18)3)28-11-17(25)20-15-8-5-9-16(13(15)2)24(26)27/h4-10H,11H2,1-3H3,(H,20,25). The molecule has 0 unspecified atom stereocenters. The Kier molecular flexibility index (Phi) is 5.74. The highest BCUT2D eigenvalue weighted by molar-refractivity contribution is 7.99. The van der Waals surface area contributed by atoms with Crippen LogP contribution in [0.2, 0.25) is 0 Å². The molecule has 0 saturated carbocycles. The van der Waals surface area contributed by atoms with E-state index < -0.39 is 4.92 Å². The second-order valence-electron chi connectivity index (χ2n) is 6.28. The summed E-state index contributed by atoms with van der Waals surface area (Å²) in [5, 5.41) is 22.7. The minimum Gasteiger partial charge on any atom is -0.325 e. The molecule has 0 aliphatic rings. The number of anilines is 1. The van der Waals surface area contributed by atoms with Gasteiger partial charge in [0.25, 0.3) is 5.69 Å². The summed E-state index contributed by atoms with van der Waals surface area (Å²) in [6.45, 7) is 3.62. The molecular weight excluding hydrogens is 378 g/mol. The maximum atomic E-state index is 12.3. The number of aryl methyl sites for hydroxylation is 1. The second kappa shape index (κ2) is 8.22. The van der Waals surface area contributed by atoms with Crippen LogP contribution in [-0.4, -0.2) is 31.3 Å². The number of nitrogens with zero attached hydrogens (tertiary/aromatic N) is 4. The molecule has 0 radical (unpaired) electrons. The third-order valence-corrected chi connectivity index (χ3v) is 5.24. The van der Waals surface area contributed by atoms with Gasteiger partial charge in [0.05, 0.1) is 21.9 Å². The van der Waals surface area contributed by atoms with E-state index in [1.54, 1.807) is 19.1 Å². The monoisotopic (exact) mass is 397 g/mol. The normalized spacial score (nSPS) is 10.7. The molecule has 1 N–H and O–H groups in total. The van der Waals surface area contributed by atoms with Crippen LogP contribution >= 0.6 is 11.8 Å². The van der Waals surface area contributed by atoms with Crippen molar-refractivity contribution >= 4 is 29.0 Å². The van der Waals surface area contributed by atoms with Crippen molar-refractivity contribution in [3.05, 3.63) is 63.7 Å². The highest BCUT2D eigenvalue weighted by atomic mass is 32.2. The number of hydrogen-bond acceptors (Lipinski definition) is 6. The summed E-state index contributed by atoms with van der Waals surface area (Å²) in [6.07, 6.45) is 0. The molecule has 144 valence electrons. The third-order valence-electron chi connectivity index (χ3n) is 4.22. The van der Waals surface area contributed by atoms with Crippen LogP contribution in [0, 0.1) is 24.0 Å². The number of hydrogen-bond donors (Lipinski definition) is 1. The van der Waals surface area contributed by atoms with E-state index in [1.807, 2.05) is 42.8 Å². The Bertz CT molecular complexity index is 1050. The van der Waals surface area contributed by atoms with E-state index in [0.717, 1.165) is 17.0 Å². The second-order valence-corrected chi connectivity index (χ2v) is 7.22. The Morgan fingerprint density at radius 3 is 2.68 bits per heavy atom. The molecule has 28 heavy (non-hydrogen) atoms. The molecule has 1 amide bonds. The fraction of sp³-hybridized carbons (Fsp3) is 0.211. The molecule has 0 spiro atoms. The average Bonchev–Trinajstić information content (AvgIpc) is 3.02. The molecule has 0 bridgehead atoms. The Labute approximate surface area is 166 Å². The fourth-order valence-electron chi connectivity index (χ4n) is 2.75. The molecule has 3 aromatic rings. The molecule has 1 heterocycles. The molecule has 9 heteroatoms. The largest absolute Gasteiger partial charge is 0.325 e. The first-order valence-corrected chi connectivity index (χ1v) is 9.48. The first-order valence-electron chi connectivity index (χ1n) is 8.50. The summed E-state index contributed by atoms with van der Waals surface area (Å²) in [4.78, 5) is 22.8. The predicted octanol–water partition coefficient (Wildman–Crippen LogP) is 3.74. The zero-order valence-electron chi connectivity index (χ0n) is 15.7. The average molecular weight is 397 g/mol. The van der Waals surface area contributed by atoms with Crippen molar-refractivity contribution in [2.75, 3.05) is 11.1 Å². The van der Waals surface area contributed by atoms with Gasteiger partial charge in [0.2, 0.25) is 5.91 Å². The van der Waals surface area contributed by atoms with Crippen molar-refractivity contribution in [3.8, 4) is 11.4 Å². The minimum absolute atomic E-state index is 0.0263. The SMILES string of the molecule is Cc1cccc(-c2nnc(SCC(=O)Nc3cccc([N+](=O)[O-])c3C)n2C)c1. The minimum atomic E-state index is -0.466. The third kappa shape index (κ3) is 4.20. The lowest BCUT2D eigenvalue weighted by Crippen LogP contribution is -2.15. The Balaban J connectivity index is 1.68. The van der Waals surface area contributed by atoms with Gasteiger partial charge >= 0.3 is 0 Å². The molecule has 0 aliphatic carbocycles. The van der Waals surface area contributed by atoms with Crippen LogP contribution in [0.4, 0.5) is 11.4 Å². The molecule has 0 fully saturated rings. The zero-order valence-corrected chi connectivity index (χ0v) is 16.5. The van der Waals surface area contributed by atoms with E-state index >= 15 is 0 Å². The first-order chi connectivity index (χ1) is 13.4. The quantitative estimate of drug-likeness (QED) is 0.386. The van der Waals surface area contributed by atoms with Gasteiger partial charge in [0.15, 0.2) is 11.0 Å². The van der Waals surface area contributed by atoms with Crippen molar-refractivity contribution in [2.24, 2.45) is 7.05 Å². The maximum absolute atomic E-state index is 12.3. The van der Waals surface area contributed by atoms with E-state index in [-0.39, 0.29) is 17.3 Å².